The van der Waals surface area contributed by atoms with Gasteiger partial charge in [0.2, 0.25) is 5.91 Å². The van der Waals surface area contributed by atoms with Crippen LogP contribution in [0.5, 0.6) is 17.2 Å². The van der Waals surface area contributed by atoms with Crippen molar-refractivity contribution in [3.8, 4) is 28.5 Å². The van der Waals surface area contributed by atoms with Crippen molar-refractivity contribution in [2.24, 2.45) is 0 Å². The maximum absolute atomic E-state index is 12.8. The lowest BCUT2D eigenvalue weighted by Gasteiger charge is -2.15. The Hall–Kier alpha value is -4.39. The number of anilines is 1. The van der Waals surface area contributed by atoms with E-state index in [1.54, 1.807) is 44.4 Å². The van der Waals surface area contributed by atoms with E-state index in [2.05, 4.69) is 10.4 Å². The number of carbonyl (C=O) groups excluding carboxylic acids is 1. The Balaban J connectivity index is 1.47. The third kappa shape index (κ3) is 5.27. The topological polar surface area (TPSA) is 82.5 Å². The normalized spacial score (nSPS) is 11.5. The zero-order chi connectivity index (χ0) is 23.2. The van der Waals surface area contributed by atoms with Gasteiger partial charge in [0.05, 0.1) is 12.8 Å². The SMILES string of the molecule is COc1ccc(-c2ccc(=O)n(C(C)C(=O)Nc3ccc(Oc4ccccc4)cc3)n2)cc1. The van der Waals surface area contributed by atoms with Gasteiger partial charge in [0.25, 0.3) is 5.56 Å². The monoisotopic (exact) mass is 441 g/mol. The van der Waals surface area contributed by atoms with Crippen LogP contribution in [0.3, 0.4) is 0 Å². The van der Waals surface area contributed by atoms with Gasteiger partial charge in [-0.3, -0.25) is 9.59 Å². The van der Waals surface area contributed by atoms with Crippen LogP contribution in [0, 0.1) is 0 Å². The fraction of sp³-hybridized carbons (Fsp3) is 0.115. The number of benzene rings is 3. The molecule has 7 nitrogen and oxygen atoms in total. The Labute approximate surface area is 191 Å². The van der Waals surface area contributed by atoms with Gasteiger partial charge in [-0.05, 0) is 73.7 Å². The number of nitrogens with one attached hydrogen (secondary N) is 1. The van der Waals surface area contributed by atoms with E-state index in [1.807, 2.05) is 54.6 Å². The van der Waals surface area contributed by atoms with Crippen molar-refractivity contribution in [2.75, 3.05) is 12.4 Å². The van der Waals surface area contributed by atoms with Crippen LogP contribution in [0.4, 0.5) is 5.69 Å². The van der Waals surface area contributed by atoms with Crippen LogP contribution >= 0.6 is 0 Å². The first-order valence-electron chi connectivity index (χ1n) is 10.4. The van der Waals surface area contributed by atoms with Gasteiger partial charge in [-0.2, -0.15) is 5.10 Å². The molecule has 1 unspecified atom stereocenters. The molecule has 3 aromatic carbocycles. The van der Waals surface area contributed by atoms with Crippen LogP contribution in [-0.2, 0) is 4.79 Å². The van der Waals surface area contributed by atoms with Gasteiger partial charge in [-0.15, -0.1) is 0 Å². The molecule has 0 aliphatic carbocycles. The molecular weight excluding hydrogens is 418 g/mol. The fourth-order valence-electron chi connectivity index (χ4n) is 3.21. The summed E-state index contributed by atoms with van der Waals surface area (Å²) in [6, 6.07) is 26.0. The second-order valence-electron chi connectivity index (χ2n) is 7.33. The molecule has 0 radical (unpaired) electrons. The lowest BCUT2D eigenvalue weighted by Crippen LogP contribution is -2.33. The summed E-state index contributed by atoms with van der Waals surface area (Å²) in [5.41, 5.74) is 1.62. The maximum atomic E-state index is 12.8. The molecule has 4 rings (SSSR count). The summed E-state index contributed by atoms with van der Waals surface area (Å²) in [6.45, 7) is 1.63. The molecule has 7 heteroatoms. The van der Waals surface area contributed by atoms with Crippen molar-refractivity contribution in [3.05, 3.63) is 101 Å². The first-order valence-corrected chi connectivity index (χ1v) is 10.4. The van der Waals surface area contributed by atoms with Crippen LogP contribution in [0.15, 0.2) is 95.8 Å². The summed E-state index contributed by atoms with van der Waals surface area (Å²) >= 11 is 0. The molecule has 0 bridgehead atoms. The van der Waals surface area contributed by atoms with Crippen molar-refractivity contribution >= 4 is 11.6 Å². The van der Waals surface area contributed by atoms with E-state index in [9.17, 15) is 9.59 Å². The summed E-state index contributed by atoms with van der Waals surface area (Å²) in [4.78, 5) is 25.2. The third-order valence-electron chi connectivity index (χ3n) is 5.06. The molecule has 1 N–H and O–H groups in total. The number of para-hydroxylation sites is 1. The highest BCUT2D eigenvalue weighted by atomic mass is 16.5. The summed E-state index contributed by atoms with van der Waals surface area (Å²) in [6.07, 6.45) is 0. The fourth-order valence-corrected chi connectivity index (χ4v) is 3.21. The number of amides is 1. The average molecular weight is 441 g/mol. The summed E-state index contributed by atoms with van der Waals surface area (Å²) in [5, 5.41) is 7.23. The number of methoxy groups -OCH3 is 1. The summed E-state index contributed by atoms with van der Waals surface area (Å²) < 4.78 is 12.1. The molecule has 0 aliphatic rings. The number of aromatic nitrogens is 2. The quantitative estimate of drug-likeness (QED) is 0.441. The van der Waals surface area contributed by atoms with Gasteiger partial charge < -0.3 is 14.8 Å². The molecule has 4 aromatic rings. The van der Waals surface area contributed by atoms with Crippen molar-refractivity contribution in [1.29, 1.82) is 0 Å². The zero-order valence-electron chi connectivity index (χ0n) is 18.3. The maximum Gasteiger partial charge on any atom is 0.267 e. The van der Waals surface area contributed by atoms with E-state index in [4.69, 9.17) is 9.47 Å². The Bertz CT molecular complexity index is 1280. The third-order valence-corrected chi connectivity index (χ3v) is 5.06. The molecule has 166 valence electrons. The van der Waals surface area contributed by atoms with Crippen molar-refractivity contribution in [2.45, 2.75) is 13.0 Å². The average Bonchev–Trinajstić information content (AvgIpc) is 2.86. The minimum absolute atomic E-state index is 0.354. The number of hydrogen-bond donors (Lipinski definition) is 1. The zero-order valence-corrected chi connectivity index (χ0v) is 18.3. The summed E-state index contributed by atoms with van der Waals surface area (Å²) in [5.74, 6) is 1.75. The van der Waals surface area contributed by atoms with Gasteiger partial charge in [-0.25, -0.2) is 4.68 Å². The van der Waals surface area contributed by atoms with E-state index in [0.29, 0.717) is 17.1 Å². The molecule has 0 saturated carbocycles. The van der Waals surface area contributed by atoms with Gasteiger partial charge in [-0.1, -0.05) is 18.2 Å². The van der Waals surface area contributed by atoms with Crippen molar-refractivity contribution < 1.29 is 14.3 Å². The van der Waals surface area contributed by atoms with E-state index in [-0.39, 0.29) is 11.5 Å². The predicted molar refractivity (Wildman–Crippen MR) is 127 cm³/mol. The molecule has 0 aliphatic heterocycles. The Morgan fingerprint density at radius 2 is 1.48 bits per heavy atom. The van der Waals surface area contributed by atoms with E-state index in [0.717, 1.165) is 17.1 Å². The first kappa shape index (κ1) is 21.8. The van der Waals surface area contributed by atoms with Crippen molar-refractivity contribution in [3.63, 3.8) is 0 Å². The molecule has 1 amide bonds. The van der Waals surface area contributed by atoms with Crippen LogP contribution in [-0.4, -0.2) is 22.8 Å². The molecule has 0 saturated heterocycles. The van der Waals surface area contributed by atoms with Crippen LogP contribution in [0.2, 0.25) is 0 Å². The summed E-state index contributed by atoms with van der Waals surface area (Å²) in [7, 11) is 1.59. The number of ether oxygens (including phenoxy) is 2. The standard InChI is InChI=1S/C26H23N3O4/c1-18(29-25(30)17-16-24(28-29)19-8-12-21(32-2)13-9-19)26(31)27-20-10-14-23(15-11-20)33-22-6-4-3-5-7-22/h3-18H,1-2H3,(H,27,31). The number of carbonyl (C=O) groups is 1. The molecule has 1 heterocycles. The first-order chi connectivity index (χ1) is 16.0. The highest BCUT2D eigenvalue weighted by molar-refractivity contribution is 5.93. The number of rotatable bonds is 7. The largest absolute Gasteiger partial charge is 0.497 e. The van der Waals surface area contributed by atoms with Gasteiger partial charge >= 0.3 is 0 Å². The molecule has 1 aromatic heterocycles. The van der Waals surface area contributed by atoms with Gasteiger partial charge in [0, 0.05) is 17.3 Å². The lowest BCUT2D eigenvalue weighted by atomic mass is 10.1. The predicted octanol–water partition coefficient (Wildman–Crippen LogP) is 4.91. The molecule has 1 atom stereocenters. The Kier molecular flexibility index (Phi) is 6.50. The van der Waals surface area contributed by atoms with Gasteiger partial charge in [0.15, 0.2) is 0 Å². The molecular formula is C26H23N3O4. The van der Waals surface area contributed by atoms with Crippen LogP contribution in [0.25, 0.3) is 11.3 Å². The minimum Gasteiger partial charge on any atom is -0.497 e. The number of hydrogen-bond acceptors (Lipinski definition) is 5. The second-order valence-corrected chi connectivity index (χ2v) is 7.33. The van der Waals surface area contributed by atoms with E-state index in [1.165, 1.54) is 10.7 Å². The van der Waals surface area contributed by atoms with Crippen LogP contribution in [0.1, 0.15) is 13.0 Å². The molecule has 0 fully saturated rings. The minimum atomic E-state index is -0.809. The Morgan fingerprint density at radius 1 is 0.848 bits per heavy atom. The van der Waals surface area contributed by atoms with Gasteiger partial charge in [0.1, 0.15) is 23.3 Å². The van der Waals surface area contributed by atoms with Crippen LogP contribution < -0.4 is 20.3 Å². The highest BCUT2D eigenvalue weighted by Gasteiger charge is 2.18. The molecule has 0 spiro atoms. The second kappa shape index (κ2) is 9.82. The van der Waals surface area contributed by atoms with E-state index >= 15 is 0 Å². The Morgan fingerprint density at radius 3 is 2.15 bits per heavy atom. The number of nitrogens with zero attached hydrogens (tertiary/aromatic N) is 2. The lowest BCUT2D eigenvalue weighted by molar-refractivity contribution is -0.119. The molecule has 33 heavy (non-hydrogen) atoms. The smallest absolute Gasteiger partial charge is 0.267 e. The highest BCUT2D eigenvalue weighted by Crippen LogP contribution is 2.23. The van der Waals surface area contributed by atoms with E-state index < -0.39 is 6.04 Å². The van der Waals surface area contributed by atoms with Crippen molar-refractivity contribution in [1.82, 2.24) is 9.78 Å².